The van der Waals surface area contributed by atoms with Crippen LogP contribution in [0, 0.1) is 0 Å². The molecule has 270 valence electrons. The van der Waals surface area contributed by atoms with Gasteiger partial charge in [-0.25, -0.2) is 4.98 Å². The summed E-state index contributed by atoms with van der Waals surface area (Å²) in [7, 11) is 0. The van der Waals surface area contributed by atoms with Crippen LogP contribution in [0.25, 0.3) is 110 Å². The molecule has 0 N–H and O–H groups in total. The molecular formula is C53H33N5. The van der Waals surface area contributed by atoms with Crippen molar-refractivity contribution >= 4 is 87.2 Å². The number of nitrogens with zero attached hydrogens (tertiary/aromatic N) is 5. The molecule has 0 amide bonds. The highest BCUT2D eigenvalue weighted by atomic mass is 15.1. The second kappa shape index (κ2) is 11.8. The van der Waals surface area contributed by atoms with Crippen molar-refractivity contribution in [2.24, 2.45) is 0 Å². The Morgan fingerprint density at radius 1 is 0.241 bits per heavy atom. The zero-order valence-electron chi connectivity index (χ0n) is 31.3. The molecular weight excluding hydrogens is 707 g/mol. The number of hydrogen-bond donors (Lipinski definition) is 0. The van der Waals surface area contributed by atoms with Crippen molar-refractivity contribution in [1.29, 1.82) is 0 Å². The first-order chi connectivity index (χ1) is 28.8. The molecule has 0 atom stereocenters. The molecule has 5 aromatic heterocycles. The second-order valence-electron chi connectivity index (χ2n) is 15.2. The molecule has 0 spiro atoms. The maximum Gasteiger partial charge on any atom is 0.137 e. The van der Waals surface area contributed by atoms with Gasteiger partial charge >= 0.3 is 0 Å². The van der Waals surface area contributed by atoms with Crippen LogP contribution in [-0.2, 0) is 0 Å². The number of aromatic nitrogens is 5. The van der Waals surface area contributed by atoms with Crippen LogP contribution in [0.15, 0.2) is 200 Å². The first-order valence-electron chi connectivity index (χ1n) is 19.8. The summed E-state index contributed by atoms with van der Waals surface area (Å²) in [6, 6.07) is 70.3. The van der Waals surface area contributed by atoms with E-state index in [9.17, 15) is 0 Å². The highest BCUT2D eigenvalue weighted by Crippen LogP contribution is 2.40. The van der Waals surface area contributed by atoms with Gasteiger partial charge in [-0.05, 0) is 84.9 Å². The van der Waals surface area contributed by atoms with Crippen LogP contribution < -0.4 is 0 Å². The highest BCUT2D eigenvalue weighted by Gasteiger charge is 2.20. The van der Waals surface area contributed by atoms with Crippen molar-refractivity contribution < 1.29 is 0 Å². The summed E-state index contributed by atoms with van der Waals surface area (Å²) in [4.78, 5) is 5.18. The molecule has 0 saturated heterocycles. The van der Waals surface area contributed by atoms with Gasteiger partial charge in [-0.3, -0.25) is 4.57 Å². The SMILES string of the molecule is c1ccc2c(c1)c1ccccc1n2-c1ccc2c(c1)c1cc(-n3c4ccccc4c4ccccc43)ccc1n2-c1ccc(-n2c3ccccc3c3ccccc32)nc1. The lowest BCUT2D eigenvalue weighted by Crippen LogP contribution is -2.00. The maximum atomic E-state index is 5.18. The number of hydrogen-bond acceptors (Lipinski definition) is 1. The summed E-state index contributed by atoms with van der Waals surface area (Å²) < 4.78 is 9.47. The maximum absolute atomic E-state index is 5.18. The summed E-state index contributed by atoms with van der Waals surface area (Å²) in [6.07, 6.45) is 2.03. The van der Waals surface area contributed by atoms with Gasteiger partial charge in [0, 0.05) is 54.5 Å². The lowest BCUT2D eigenvalue weighted by molar-refractivity contribution is 1.05. The number of rotatable bonds is 4. The Kier molecular flexibility index (Phi) is 6.38. The van der Waals surface area contributed by atoms with Crippen molar-refractivity contribution in [3.63, 3.8) is 0 Å². The zero-order chi connectivity index (χ0) is 37.9. The van der Waals surface area contributed by atoms with Crippen molar-refractivity contribution in [2.45, 2.75) is 0 Å². The van der Waals surface area contributed by atoms with E-state index in [1.54, 1.807) is 0 Å². The molecule has 5 nitrogen and oxygen atoms in total. The van der Waals surface area contributed by atoms with E-state index in [1.807, 2.05) is 6.20 Å². The molecule has 5 heterocycles. The molecule has 5 heteroatoms. The molecule has 13 rings (SSSR count). The molecule has 0 fully saturated rings. The summed E-state index contributed by atoms with van der Waals surface area (Å²) in [5, 5.41) is 9.83. The topological polar surface area (TPSA) is 32.6 Å². The van der Waals surface area contributed by atoms with Gasteiger partial charge in [0.05, 0.1) is 56.0 Å². The minimum absolute atomic E-state index is 0.893. The normalized spacial score (nSPS) is 12.1. The predicted octanol–water partition coefficient (Wildman–Crippen LogP) is 13.5. The van der Waals surface area contributed by atoms with E-state index in [-0.39, 0.29) is 0 Å². The minimum Gasteiger partial charge on any atom is -0.309 e. The molecule has 8 aromatic carbocycles. The zero-order valence-corrected chi connectivity index (χ0v) is 31.3. The second-order valence-corrected chi connectivity index (χ2v) is 15.2. The Labute approximate surface area is 332 Å². The molecule has 0 aliphatic heterocycles. The van der Waals surface area contributed by atoms with Crippen LogP contribution in [0.2, 0.25) is 0 Å². The van der Waals surface area contributed by atoms with E-state index in [4.69, 9.17) is 4.98 Å². The average molecular weight is 740 g/mol. The van der Waals surface area contributed by atoms with Crippen molar-refractivity contribution in [2.75, 3.05) is 0 Å². The molecule has 13 aromatic rings. The van der Waals surface area contributed by atoms with Crippen molar-refractivity contribution in [3.05, 3.63) is 200 Å². The molecule has 0 aliphatic rings. The van der Waals surface area contributed by atoms with Crippen molar-refractivity contribution in [3.8, 4) is 22.9 Å². The van der Waals surface area contributed by atoms with Crippen LogP contribution in [0.3, 0.4) is 0 Å². The lowest BCUT2D eigenvalue weighted by Gasteiger charge is -2.12. The fraction of sp³-hybridized carbons (Fsp3) is 0. The molecule has 58 heavy (non-hydrogen) atoms. The van der Waals surface area contributed by atoms with Crippen LogP contribution in [0.5, 0.6) is 0 Å². The molecule has 0 saturated carbocycles. The van der Waals surface area contributed by atoms with Gasteiger partial charge in [-0.2, -0.15) is 0 Å². The molecule has 0 radical (unpaired) electrons. The number of para-hydroxylation sites is 6. The largest absolute Gasteiger partial charge is 0.309 e. The van der Waals surface area contributed by atoms with E-state index in [1.165, 1.54) is 65.2 Å². The number of fused-ring (bicyclic) bond motifs is 12. The Morgan fingerprint density at radius 2 is 0.534 bits per heavy atom. The van der Waals surface area contributed by atoms with Crippen LogP contribution in [0.4, 0.5) is 0 Å². The van der Waals surface area contributed by atoms with Crippen LogP contribution in [0.1, 0.15) is 0 Å². The third-order valence-corrected chi connectivity index (χ3v) is 12.2. The number of pyridine rings is 1. The van der Waals surface area contributed by atoms with Gasteiger partial charge in [0.2, 0.25) is 0 Å². The summed E-state index contributed by atoms with van der Waals surface area (Å²) >= 11 is 0. The first kappa shape index (κ1) is 31.3. The predicted molar refractivity (Wildman–Crippen MR) is 242 cm³/mol. The molecule has 0 aliphatic carbocycles. The minimum atomic E-state index is 0.893. The third kappa shape index (κ3) is 4.27. The Hall–Kier alpha value is -7.89. The average Bonchev–Trinajstić information content (AvgIpc) is 4.01. The fourth-order valence-electron chi connectivity index (χ4n) is 9.77. The van der Waals surface area contributed by atoms with E-state index < -0.39 is 0 Å². The smallest absolute Gasteiger partial charge is 0.137 e. The van der Waals surface area contributed by atoms with Crippen molar-refractivity contribution in [1.82, 2.24) is 23.3 Å². The summed E-state index contributed by atoms with van der Waals surface area (Å²) in [5.74, 6) is 0.893. The monoisotopic (exact) mass is 739 g/mol. The third-order valence-electron chi connectivity index (χ3n) is 12.2. The van der Waals surface area contributed by atoms with Crippen LogP contribution >= 0.6 is 0 Å². The van der Waals surface area contributed by atoms with E-state index in [2.05, 4.69) is 212 Å². The lowest BCUT2D eigenvalue weighted by atomic mass is 10.1. The molecule has 0 bridgehead atoms. The molecule has 0 unspecified atom stereocenters. The Balaban J connectivity index is 1.07. The fourth-order valence-corrected chi connectivity index (χ4v) is 9.77. The van der Waals surface area contributed by atoms with Gasteiger partial charge in [0.25, 0.3) is 0 Å². The summed E-state index contributed by atoms with van der Waals surface area (Å²) in [6.45, 7) is 0. The Morgan fingerprint density at radius 3 is 0.879 bits per heavy atom. The van der Waals surface area contributed by atoms with Gasteiger partial charge in [0.1, 0.15) is 5.82 Å². The van der Waals surface area contributed by atoms with E-state index in [0.717, 1.165) is 44.9 Å². The standard InChI is InChI=1S/C53H33N5/c1-7-19-45-37(13-1)38-14-2-8-20-46(38)55(45)34-25-28-51-43(31-34)44-32-35(56-47-21-9-3-15-39(47)40-16-4-10-22-48(40)56)26-29-52(44)57(51)36-27-30-53(54-33-36)58-49-23-11-5-17-41(49)42-18-6-12-24-50(42)58/h1-33H. The number of benzene rings is 8. The van der Waals surface area contributed by atoms with Crippen LogP contribution in [-0.4, -0.2) is 23.3 Å². The van der Waals surface area contributed by atoms with E-state index in [0.29, 0.717) is 0 Å². The highest BCUT2D eigenvalue weighted by molar-refractivity contribution is 6.14. The quantitative estimate of drug-likeness (QED) is 0.177. The van der Waals surface area contributed by atoms with Gasteiger partial charge in [-0.15, -0.1) is 0 Å². The van der Waals surface area contributed by atoms with E-state index >= 15 is 0 Å². The Bertz CT molecular complexity index is 3470. The van der Waals surface area contributed by atoms with Gasteiger partial charge in [0.15, 0.2) is 0 Å². The van der Waals surface area contributed by atoms with Gasteiger partial charge < -0.3 is 13.7 Å². The first-order valence-corrected chi connectivity index (χ1v) is 19.8. The van der Waals surface area contributed by atoms with Gasteiger partial charge in [-0.1, -0.05) is 109 Å². The summed E-state index contributed by atoms with van der Waals surface area (Å²) in [5.41, 5.74) is 12.6.